The lowest BCUT2D eigenvalue weighted by atomic mass is 10.2. The van der Waals surface area contributed by atoms with Crippen LogP contribution in [-0.4, -0.2) is 17.6 Å². The van der Waals surface area contributed by atoms with Crippen LogP contribution in [0.5, 0.6) is 0 Å². The summed E-state index contributed by atoms with van der Waals surface area (Å²) in [7, 11) is 0. The summed E-state index contributed by atoms with van der Waals surface area (Å²) in [4.78, 5) is 35.5. The number of nitrogens with one attached hydrogen (secondary N) is 2. The Labute approximate surface area is 170 Å². The molecule has 2 N–H and O–H groups in total. The Hall–Kier alpha value is -4.07. The first-order valence-corrected chi connectivity index (χ1v) is 8.78. The SMILES string of the molecule is CC(=O)c1ccc(C(=O)Nc2cccc(NC(=O)/C=C/c3ccc(F)c(F)c3)c2)o1. The van der Waals surface area contributed by atoms with E-state index in [4.69, 9.17) is 4.42 Å². The van der Waals surface area contributed by atoms with Crippen LogP contribution in [0.2, 0.25) is 0 Å². The second kappa shape index (κ2) is 8.95. The van der Waals surface area contributed by atoms with Crippen LogP contribution in [0.25, 0.3) is 6.08 Å². The zero-order valence-electron chi connectivity index (χ0n) is 15.7. The number of furan rings is 1. The zero-order valence-corrected chi connectivity index (χ0v) is 15.7. The van der Waals surface area contributed by atoms with E-state index >= 15 is 0 Å². The molecule has 30 heavy (non-hydrogen) atoms. The molecule has 152 valence electrons. The van der Waals surface area contributed by atoms with E-state index in [1.165, 1.54) is 43.3 Å². The topological polar surface area (TPSA) is 88.4 Å². The number of halogens is 2. The maximum absolute atomic E-state index is 13.2. The minimum absolute atomic E-state index is 0.0240. The van der Waals surface area contributed by atoms with Gasteiger partial charge >= 0.3 is 0 Å². The van der Waals surface area contributed by atoms with Crippen LogP contribution >= 0.6 is 0 Å². The van der Waals surface area contributed by atoms with Crippen LogP contribution in [0.1, 0.15) is 33.6 Å². The van der Waals surface area contributed by atoms with Crippen molar-refractivity contribution in [3.8, 4) is 0 Å². The van der Waals surface area contributed by atoms with Crippen molar-refractivity contribution in [2.45, 2.75) is 6.92 Å². The molecule has 0 radical (unpaired) electrons. The minimum Gasteiger partial charge on any atom is -0.448 e. The Bertz CT molecular complexity index is 1150. The third-order valence-corrected chi connectivity index (χ3v) is 3.94. The monoisotopic (exact) mass is 410 g/mol. The lowest BCUT2D eigenvalue weighted by molar-refractivity contribution is -0.111. The highest BCUT2D eigenvalue weighted by Gasteiger charge is 2.13. The molecule has 0 saturated carbocycles. The molecule has 0 unspecified atom stereocenters. The van der Waals surface area contributed by atoms with E-state index in [0.29, 0.717) is 16.9 Å². The summed E-state index contributed by atoms with van der Waals surface area (Å²) in [5, 5.41) is 5.20. The number of Topliss-reactive ketones (excluding diaryl/α,β-unsaturated/α-hetero) is 1. The molecule has 6 nitrogen and oxygen atoms in total. The molecule has 0 saturated heterocycles. The molecule has 0 aliphatic heterocycles. The van der Waals surface area contributed by atoms with Crippen molar-refractivity contribution in [3.05, 3.63) is 89.4 Å². The summed E-state index contributed by atoms with van der Waals surface area (Å²) in [5.41, 5.74) is 1.12. The van der Waals surface area contributed by atoms with Gasteiger partial charge in [0.15, 0.2) is 28.9 Å². The highest BCUT2D eigenvalue weighted by Crippen LogP contribution is 2.17. The number of anilines is 2. The number of hydrogen-bond donors (Lipinski definition) is 2. The molecule has 3 rings (SSSR count). The fourth-order valence-electron chi connectivity index (χ4n) is 2.49. The van der Waals surface area contributed by atoms with Gasteiger partial charge in [-0.25, -0.2) is 8.78 Å². The highest BCUT2D eigenvalue weighted by molar-refractivity contribution is 6.05. The number of ketones is 1. The maximum Gasteiger partial charge on any atom is 0.291 e. The first-order valence-electron chi connectivity index (χ1n) is 8.78. The van der Waals surface area contributed by atoms with E-state index in [0.717, 1.165) is 12.1 Å². The second-order valence-electron chi connectivity index (χ2n) is 6.25. The predicted octanol–water partition coefficient (Wildman–Crippen LogP) is 4.66. The van der Waals surface area contributed by atoms with Gasteiger partial charge in [-0.15, -0.1) is 0 Å². The molecule has 2 aromatic carbocycles. The van der Waals surface area contributed by atoms with Crippen molar-refractivity contribution in [1.82, 2.24) is 0 Å². The highest BCUT2D eigenvalue weighted by atomic mass is 19.2. The molecule has 0 atom stereocenters. The summed E-state index contributed by atoms with van der Waals surface area (Å²) in [6.45, 7) is 1.33. The van der Waals surface area contributed by atoms with Crippen molar-refractivity contribution < 1.29 is 27.6 Å². The Morgan fingerprint density at radius 2 is 1.57 bits per heavy atom. The molecule has 0 fully saturated rings. The van der Waals surface area contributed by atoms with Gasteiger partial charge in [0, 0.05) is 24.4 Å². The molecule has 2 amide bonds. The summed E-state index contributed by atoms with van der Waals surface area (Å²) in [6, 6.07) is 12.4. The molecular formula is C22H16F2N2O4. The Balaban J connectivity index is 1.63. The van der Waals surface area contributed by atoms with E-state index in [-0.39, 0.29) is 17.3 Å². The first kappa shape index (κ1) is 20.7. The third-order valence-electron chi connectivity index (χ3n) is 3.94. The molecule has 3 aromatic rings. The summed E-state index contributed by atoms with van der Waals surface area (Å²) in [6.07, 6.45) is 2.51. The minimum atomic E-state index is -1.01. The molecule has 1 heterocycles. The van der Waals surface area contributed by atoms with Gasteiger partial charge in [0.05, 0.1) is 0 Å². The quantitative estimate of drug-likeness (QED) is 0.457. The Morgan fingerprint density at radius 1 is 0.867 bits per heavy atom. The van der Waals surface area contributed by atoms with Crippen LogP contribution in [0.3, 0.4) is 0 Å². The van der Waals surface area contributed by atoms with Gasteiger partial charge in [0.1, 0.15) is 0 Å². The van der Waals surface area contributed by atoms with Gasteiger partial charge in [0.25, 0.3) is 5.91 Å². The summed E-state index contributed by atoms with van der Waals surface area (Å²) in [5.74, 6) is -3.27. The van der Waals surface area contributed by atoms with Crippen molar-refractivity contribution in [2.24, 2.45) is 0 Å². The summed E-state index contributed by atoms with van der Waals surface area (Å²) >= 11 is 0. The van der Waals surface area contributed by atoms with Gasteiger partial charge in [-0.1, -0.05) is 12.1 Å². The normalized spacial score (nSPS) is 10.8. The number of hydrogen-bond acceptors (Lipinski definition) is 4. The second-order valence-corrected chi connectivity index (χ2v) is 6.25. The van der Waals surface area contributed by atoms with Crippen LogP contribution in [0.4, 0.5) is 20.2 Å². The van der Waals surface area contributed by atoms with Gasteiger partial charge in [-0.05, 0) is 54.1 Å². The number of carbonyl (C=O) groups is 3. The van der Waals surface area contributed by atoms with Crippen molar-refractivity contribution in [3.63, 3.8) is 0 Å². The van der Waals surface area contributed by atoms with Gasteiger partial charge in [-0.2, -0.15) is 0 Å². The average Bonchev–Trinajstić information content (AvgIpc) is 3.20. The third kappa shape index (κ3) is 5.26. The molecule has 0 bridgehead atoms. The van der Waals surface area contributed by atoms with Gasteiger partial charge in [-0.3, -0.25) is 14.4 Å². The van der Waals surface area contributed by atoms with E-state index < -0.39 is 23.4 Å². The Kier molecular flexibility index (Phi) is 6.17. The fourth-order valence-corrected chi connectivity index (χ4v) is 2.49. The maximum atomic E-state index is 13.2. The van der Waals surface area contributed by atoms with E-state index in [9.17, 15) is 23.2 Å². The fraction of sp³-hybridized carbons (Fsp3) is 0.0455. The van der Waals surface area contributed by atoms with Crippen LogP contribution < -0.4 is 10.6 Å². The van der Waals surface area contributed by atoms with Crippen molar-refractivity contribution in [2.75, 3.05) is 10.6 Å². The smallest absolute Gasteiger partial charge is 0.291 e. The number of amides is 2. The average molecular weight is 410 g/mol. The van der Waals surface area contributed by atoms with E-state index in [1.807, 2.05) is 0 Å². The molecule has 1 aromatic heterocycles. The number of benzene rings is 2. The van der Waals surface area contributed by atoms with Crippen LogP contribution in [0, 0.1) is 11.6 Å². The molecular weight excluding hydrogens is 394 g/mol. The van der Waals surface area contributed by atoms with Gasteiger partial charge in [0.2, 0.25) is 5.91 Å². The van der Waals surface area contributed by atoms with Crippen molar-refractivity contribution >= 4 is 35.0 Å². The number of rotatable bonds is 6. The molecule has 0 aliphatic carbocycles. The lowest BCUT2D eigenvalue weighted by Crippen LogP contribution is -2.12. The van der Waals surface area contributed by atoms with Gasteiger partial charge < -0.3 is 15.1 Å². The van der Waals surface area contributed by atoms with E-state index in [2.05, 4.69) is 10.6 Å². The largest absolute Gasteiger partial charge is 0.448 e. The number of carbonyl (C=O) groups excluding carboxylic acids is 3. The van der Waals surface area contributed by atoms with Crippen LogP contribution in [-0.2, 0) is 4.79 Å². The van der Waals surface area contributed by atoms with Crippen LogP contribution in [0.15, 0.2) is 65.1 Å². The first-order chi connectivity index (χ1) is 14.3. The van der Waals surface area contributed by atoms with E-state index in [1.54, 1.807) is 18.2 Å². The summed E-state index contributed by atoms with van der Waals surface area (Å²) < 4.78 is 31.3. The lowest BCUT2D eigenvalue weighted by Gasteiger charge is -2.07. The molecule has 0 aliphatic rings. The molecule has 8 heteroatoms. The standard InChI is InChI=1S/C22H16F2N2O4/c1-13(27)19-8-9-20(30-19)22(29)26-16-4-2-3-15(12-16)25-21(28)10-6-14-5-7-17(23)18(24)11-14/h2-12H,1H3,(H,25,28)(H,26,29)/b10-6+. The zero-order chi connectivity index (χ0) is 21.7. The predicted molar refractivity (Wildman–Crippen MR) is 107 cm³/mol. The van der Waals surface area contributed by atoms with Crippen molar-refractivity contribution in [1.29, 1.82) is 0 Å². The molecule has 0 spiro atoms. The Morgan fingerprint density at radius 3 is 2.23 bits per heavy atom.